The van der Waals surface area contributed by atoms with Crippen LogP contribution in [0.3, 0.4) is 0 Å². The Labute approximate surface area is 122 Å². The van der Waals surface area contributed by atoms with Crippen LogP contribution in [0.2, 0.25) is 0 Å². The molecule has 1 fully saturated rings. The quantitative estimate of drug-likeness (QED) is 0.848. The standard InChI is InChI=1S/C15H27N5/c1-5-16-8-14-9-17-15(18-12(14)2)20(4)11-13-6-7-19(3)10-13/h9,13,16H,5-8,10-11H2,1-4H3. The highest BCUT2D eigenvalue weighted by molar-refractivity contribution is 5.32. The maximum atomic E-state index is 4.65. The first-order valence-corrected chi connectivity index (χ1v) is 7.53. The summed E-state index contributed by atoms with van der Waals surface area (Å²) < 4.78 is 0. The molecule has 20 heavy (non-hydrogen) atoms. The van der Waals surface area contributed by atoms with Crippen molar-refractivity contribution in [3.63, 3.8) is 0 Å². The van der Waals surface area contributed by atoms with Crippen LogP contribution in [-0.4, -0.2) is 55.1 Å². The predicted molar refractivity (Wildman–Crippen MR) is 83.0 cm³/mol. The van der Waals surface area contributed by atoms with Crippen LogP contribution in [0.1, 0.15) is 24.6 Å². The van der Waals surface area contributed by atoms with Gasteiger partial charge in [0.05, 0.1) is 0 Å². The van der Waals surface area contributed by atoms with Gasteiger partial charge in [0.15, 0.2) is 0 Å². The number of hydrogen-bond acceptors (Lipinski definition) is 5. The van der Waals surface area contributed by atoms with Gasteiger partial charge in [-0.25, -0.2) is 9.97 Å². The molecule has 0 saturated carbocycles. The Morgan fingerprint density at radius 1 is 1.50 bits per heavy atom. The highest BCUT2D eigenvalue weighted by Gasteiger charge is 2.21. The van der Waals surface area contributed by atoms with E-state index in [-0.39, 0.29) is 0 Å². The van der Waals surface area contributed by atoms with Gasteiger partial charge >= 0.3 is 0 Å². The highest BCUT2D eigenvalue weighted by atomic mass is 15.2. The fourth-order valence-electron chi connectivity index (χ4n) is 2.74. The summed E-state index contributed by atoms with van der Waals surface area (Å²) in [6.07, 6.45) is 3.23. The van der Waals surface area contributed by atoms with E-state index in [0.29, 0.717) is 0 Å². The van der Waals surface area contributed by atoms with Crippen molar-refractivity contribution in [2.75, 3.05) is 45.2 Å². The van der Waals surface area contributed by atoms with Gasteiger partial charge in [0.1, 0.15) is 0 Å². The molecule has 112 valence electrons. The fraction of sp³-hybridized carbons (Fsp3) is 0.733. The number of likely N-dealkylation sites (tertiary alicyclic amines) is 1. The van der Waals surface area contributed by atoms with Crippen LogP contribution in [0.15, 0.2) is 6.20 Å². The average Bonchev–Trinajstić information content (AvgIpc) is 2.82. The Hall–Kier alpha value is -1.20. The molecule has 0 spiro atoms. The van der Waals surface area contributed by atoms with E-state index in [1.165, 1.54) is 25.1 Å². The van der Waals surface area contributed by atoms with Crippen LogP contribution in [0.25, 0.3) is 0 Å². The molecular formula is C15H27N5. The summed E-state index contributed by atoms with van der Waals surface area (Å²) >= 11 is 0. The zero-order chi connectivity index (χ0) is 14.5. The number of aromatic nitrogens is 2. The third kappa shape index (κ3) is 3.90. The molecule has 1 N–H and O–H groups in total. The van der Waals surface area contributed by atoms with Crippen LogP contribution in [0, 0.1) is 12.8 Å². The molecule has 2 heterocycles. The van der Waals surface area contributed by atoms with Gasteiger partial charge in [-0.15, -0.1) is 0 Å². The molecule has 1 saturated heterocycles. The van der Waals surface area contributed by atoms with E-state index in [4.69, 9.17) is 0 Å². The summed E-state index contributed by atoms with van der Waals surface area (Å²) in [6, 6.07) is 0. The number of aryl methyl sites for hydroxylation is 1. The van der Waals surface area contributed by atoms with E-state index in [9.17, 15) is 0 Å². The van der Waals surface area contributed by atoms with Crippen molar-refractivity contribution in [2.45, 2.75) is 26.8 Å². The zero-order valence-corrected chi connectivity index (χ0v) is 13.2. The summed E-state index contributed by atoms with van der Waals surface area (Å²) in [6.45, 7) is 9.42. The molecule has 0 bridgehead atoms. The summed E-state index contributed by atoms with van der Waals surface area (Å²) in [5.41, 5.74) is 2.26. The first-order valence-electron chi connectivity index (χ1n) is 7.53. The molecule has 5 nitrogen and oxygen atoms in total. The predicted octanol–water partition coefficient (Wildman–Crippen LogP) is 1.28. The molecule has 0 radical (unpaired) electrons. The minimum absolute atomic E-state index is 0.732. The van der Waals surface area contributed by atoms with Gasteiger partial charge < -0.3 is 15.1 Å². The number of nitrogens with zero attached hydrogens (tertiary/aromatic N) is 4. The second kappa shape index (κ2) is 6.99. The third-order valence-electron chi connectivity index (χ3n) is 4.00. The monoisotopic (exact) mass is 277 g/mol. The summed E-state index contributed by atoms with van der Waals surface area (Å²) in [4.78, 5) is 13.7. The van der Waals surface area contributed by atoms with Crippen molar-refractivity contribution in [3.8, 4) is 0 Å². The van der Waals surface area contributed by atoms with Gasteiger partial charge in [0.25, 0.3) is 0 Å². The molecule has 0 amide bonds. The Bertz CT molecular complexity index is 434. The highest BCUT2D eigenvalue weighted by Crippen LogP contribution is 2.18. The lowest BCUT2D eigenvalue weighted by Crippen LogP contribution is -2.29. The Morgan fingerprint density at radius 2 is 2.30 bits per heavy atom. The van der Waals surface area contributed by atoms with E-state index in [1.807, 2.05) is 6.20 Å². The van der Waals surface area contributed by atoms with Gasteiger partial charge in [0, 0.05) is 44.1 Å². The molecule has 2 rings (SSSR count). The summed E-state index contributed by atoms with van der Waals surface area (Å²) in [7, 11) is 4.28. The van der Waals surface area contributed by atoms with Crippen LogP contribution in [0.5, 0.6) is 0 Å². The molecule has 1 atom stereocenters. The summed E-state index contributed by atoms with van der Waals surface area (Å²) in [5.74, 6) is 1.58. The Balaban J connectivity index is 1.96. The molecule has 1 aliphatic rings. The SMILES string of the molecule is CCNCc1cnc(N(C)CC2CCN(C)C2)nc1C. The minimum atomic E-state index is 0.732. The molecule has 0 aliphatic carbocycles. The molecule has 0 aromatic carbocycles. The van der Waals surface area contributed by atoms with Crippen molar-refractivity contribution in [1.29, 1.82) is 0 Å². The maximum absolute atomic E-state index is 4.65. The van der Waals surface area contributed by atoms with E-state index in [0.717, 1.165) is 37.2 Å². The van der Waals surface area contributed by atoms with E-state index < -0.39 is 0 Å². The van der Waals surface area contributed by atoms with Crippen molar-refractivity contribution in [2.24, 2.45) is 5.92 Å². The van der Waals surface area contributed by atoms with Gasteiger partial charge in [-0.3, -0.25) is 0 Å². The second-order valence-corrected chi connectivity index (χ2v) is 5.86. The smallest absolute Gasteiger partial charge is 0.225 e. The first kappa shape index (κ1) is 15.2. The van der Waals surface area contributed by atoms with E-state index >= 15 is 0 Å². The lowest BCUT2D eigenvalue weighted by atomic mass is 10.1. The molecular weight excluding hydrogens is 250 g/mol. The molecule has 1 aromatic heterocycles. The van der Waals surface area contributed by atoms with Crippen molar-refractivity contribution in [3.05, 3.63) is 17.5 Å². The number of anilines is 1. The number of hydrogen-bond donors (Lipinski definition) is 1. The topological polar surface area (TPSA) is 44.3 Å². The molecule has 5 heteroatoms. The van der Waals surface area contributed by atoms with E-state index in [2.05, 4.69) is 53.0 Å². The first-order chi connectivity index (χ1) is 9.60. The Morgan fingerprint density at radius 3 is 2.90 bits per heavy atom. The number of rotatable bonds is 6. The summed E-state index contributed by atoms with van der Waals surface area (Å²) in [5, 5.41) is 3.32. The fourth-order valence-corrected chi connectivity index (χ4v) is 2.74. The minimum Gasteiger partial charge on any atom is -0.344 e. The van der Waals surface area contributed by atoms with Crippen LogP contribution in [0.4, 0.5) is 5.95 Å². The van der Waals surface area contributed by atoms with Gasteiger partial charge in [-0.1, -0.05) is 6.92 Å². The molecule has 1 aromatic rings. The van der Waals surface area contributed by atoms with Crippen LogP contribution in [-0.2, 0) is 6.54 Å². The van der Waals surface area contributed by atoms with Crippen molar-refractivity contribution >= 4 is 5.95 Å². The zero-order valence-electron chi connectivity index (χ0n) is 13.2. The number of nitrogens with one attached hydrogen (secondary N) is 1. The third-order valence-corrected chi connectivity index (χ3v) is 4.00. The second-order valence-electron chi connectivity index (χ2n) is 5.86. The van der Waals surface area contributed by atoms with Gasteiger partial charge in [-0.05, 0) is 39.4 Å². The van der Waals surface area contributed by atoms with Crippen molar-refractivity contribution < 1.29 is 0 Å². The maximum Gasteiger partial charge on any atom is 0.225 e. The van der Waals surface area contributed by atoms with Gasteiger partial charge in [-0.2, -0.15) is 0 Å². The lowest BCUT2D eigenvalue weighted by Gasteiger charge is -2.21. The normalized spacial score (nSPS) is 19.5. The lowest BCUT2D eigenvalue weighted by molar-refractivity contribution is 0.395. The largest absolute Gasteiger partial charge is 0.344 e. The Kier molecular flexibility index (Phi) is 5.31. The van der Waals surface area contributed by atoms with Crippen molar-refractivity contribution in [1.82, 2.24) is 20.2 Å². The molecule has 1 unspecified atom stereocenters. The van der Waals surface area contributed by atoms with Gasteiger partial charge in [0.2, 0.25) is 5.95 Å². The average molecular weight is 277 g/mol. The van der Waals surface area contributed by atoms with Crippen LogP contribution >= 0.6 is 0 Å². The van der Waals surface area contributed by atoms with E-state index in [1.54, 1.807) is 0 Å². The molecule has 1 aliphatic heterocycles. The van der Waals surface area contributed by atoms with Crippen LogP contribution < -0.4 is 10.2 Å².